The van der Waals surface area contributed by atoms with Crippen LogP contribution in [0.5, 0.6) is 0 Å². The van der Waals surface area contributed by atoms with Gasteiger partial charge in [-0.1, -0.05) is 115 Å². The van der Waals surface area contributed by atoms with Crippen molar-refractivity contribution in [1.29, 1.82) is 0 Å². The van der Waals surface area contributed by atoms with E-state index in [1.165, 1.54) is 0 Å². The van der Waals surface area contributed by atoms with Crippen molar-refractivity contribution in [3.05, 3.63) is 138 Å². The predicted octanol–water partition coefficient (Wildman–Crippen LogP) is 8.52. The van der Waals surface area contributed by atoms with Gasteiger partial charge in [-0.2, -0.15) is 11.8 Å². The minimum Gasteiger partial charge on any atom is -0.459 e. The normalized spacial score (nSPS) is 24.5. The van der Waals surface area contributed by atoms with Gasteiger partial charge in [0.1, 0.15) is 11.6 Å². The molecule has 0 bridgehead atoms. The molecule has 5 heteroatoms. The number of carbonyl (C=O) groups excluding carboxylic acids is 2. The summed E-state index contributed by atoms with van der Waals surface area (Å²) in [4.78, 5) is 29.6. The summed E-state index contributed by atoms with van der Waals surface area (Å²) in [6.45, 7) is 5.68. The molecular weight excluding hydrogens is 575 g/mol. The Balaban J connectivity index is 1.46. The van der Waals surface area contributed by atoms with E-state index in [1.807, 2.05) is 75.4 Å². The molecule has 2 aliphatic rings. The lowest BCUT2D eigenvalue weighted by Crippen LogP contribution is -2.47. The molecule has 226 valence electrons. The van der Waals surface area contributed by atoms with E-state index >= 15 is 4.79 Å². The number of thioether (sulfide) groups is 1. The fraction of sp³-hybridized carbons (Fsp3) is 0.250. The second kappa shape index (κ2) is 11.6. The third-order valence-corrected chi connectivity index (χ3v) is 10.4. The Hall–Kier alpha value is -4.19. The van der Waals surface area contributed by atoms with E-state index in [0.717, 1.165) is 43.8 Å². The first-order valence-corrected chi connectivity index (χ1v) is 16.7. The summed E-state index contributed by atoms with van der Waals surface area (Å²) < 4.78 is 6.08. The Morgan fingerprint density at radius 3 is 2.18 bits per heavy atom. The highest BCUT2D eigenvalue weighted by atomic mass is 32.2. The van der Waals surface area contributed by atoms with Crippen LogP contribution >= 0.6 is 11.8 Å². The van der Waals surface area contributed by atoms with Crippen LogP contribution in [0.4, 0.5) is 0 Å². The first-order chi connectivity index (χ1) is 21.8. The summed E-state index contributed by atoms with van der Waals surface area (Å²) in [7, 11) is 0. The van der Waals surface area contributed by atoms with Crippen LogP contribution in [0.3, 0.4) is 0 Å². The zero-order chi connectivity index (χ0) is 31.2. The number of ketones is 1. The van der Waals surface area contributed by atoms with Crippen LogP contribution in [-0.2, 0) is 14.3 Å². The molecule has 45 heavy (non-hydrogen) atoms. The maximum atomic E-state index is 15.4. The number of ether oxygens (including phenoxy) is 1. The van der Waals surface area contributed by atoms with Gasteiger partial charge in [0.25, 0.3) is 0 Å². The van der Waals surface area contributed by atoms with Gasteiger partial charge in [0.2, 0.25) is 0 Å². The van der Waals surface area contributed by atoms with E-state index in [2.05, 4.69) is 72.1 Å². The van der Waals surface area contributed by atoms with E-state index in [-0.39, 0.29) is 11.8 Å². The number of esters is 1. The number of nitrogens with one attached hydrogen (secondary N) is 1. The molecule has 0 saturated carbocycles. The van der Waals surface area contributed by atoms with Crippen molar-refractivity contribution < 1.29 is 14.3 Å². The van der Waals surface area contributed by atoms with Crippen molar-refractivity contribution in [3.8, 4) is 0 Å². The zero-order valence-electron chi connectivity index (χ0n) is 25.8. The molecule has 1 N–H and O–H groups in total. The molecule has 4 unspecified atom stereocenters. The summed E-state index contributed by atoms with van der Waals surface area (Å²) >= 11 is 1.78. The van der Waals surface area contributed by atoms with Gasteiger partial charge in [0.15, 0.2) is 5.78 Å². The van der Waals surface area contributed by atoms with Gasteiger partial charge in [0, 0.05) is 29.0 Å². The number of carbonyl (C=O) groups is 2. The monoisotopic (exact) mass is 611 g/mol. The van der Waals surface area contributed by atoms with Crippen molar-refractivity contribution in [2.45, 2.75) is 44.4 Å². The van der Waals surface area contributed by atoms with Gasteiger partial charge >= 0.3 is 5.97 Å². The smallest absolute Gasteiger partial charge is 0.324 e. The van der Waals surface area contributed by atoms with E-state index in [1.54, 1.807) is 11.8 Å². The lowest BCUT2D eigenvalue weighted by atomic mass is 9.63. The summed E-state index contributed by atoms with van der Waals surface area (Å²) in [5, 5.41) is 8.10. The molecule has 2 saturated heterocycles. The molecule has 5 aromatic rings. The summed E-state index contributed by atoms with van der Waals surface area (Å²) in [5.41, 5.74) is 2.18. The Morgan fingerprint density at radius 2 is 1.44 bits per heavy atom. The Morgan fingerprint density at radius 1 is 0.822 bits per heavy atom. The number of hydrogen-bond donors (Lipinski definition) is 1. The SMILES string of the molecule is CC(C)(C)OC(=O)C1NC(c2ccccc2)C2(CSC/C(=C\c3cccc4ccccc34)C2=O)C1c1cccc2ccccc12. The largest absolute Gasteiger partial charge is 0.459 e. The average Bonchev–Trinajstić information content (AvgIpc) is 3.38. The van der Waals surface area contributed by atoms with Crippen LogP contribution in [0.1, 0.15) is 49.4 Å². The molecule has 1 spiro atoms. The van der Waals surface area contributed by atoms with E-state index < -0.39 is 29.0 Å². The van der Waals surface area contributed by atoms with Crippen LogP contribution in [0.15, 0.2) is 121 Å². The van der Waals surface area contributed by atoms with Crippen molar-refractivity contribution in [1.82, 2.24) is 5.32 Å². The highest BCUT2D eigenvalue weighted by molar-refractivity contribution is 7.99. The van der Waals surface area contributed by atoms with E-state index in [4.69, 9.17) is 4.74 Å². The molecule has 4 nitrogen and oxygen atoms in total. The minimum atomic E-state index is -0.938. The number of hydrogen-bond acceptors (Lipinski definition) is 5. The fourth-order valence-corrected chi connectivity index (χ4v) is 8.72. The average molecular weight is 612 g/mol. The van der Waals surface area contributed by atoms with Crippen molar-refractivity contribution >= 4 is 51.1 Å². The van der Waals surface area contributed by atoms with Crippen LogP contribution in [0.2, 0.25) is 0 Å². The van der Waals surface area contributed by atoms with E-state index in [0.29, 0.717) is 11.5 Å². The van der Waals surface area contributed by atoms with Gasteiger partial charge in [-0.15, -0.1) is 0 Å². The van der Waals surface area contributed by atoms with Crippen molar-refractivity contribution in [3.63, 3.8) is 0 Å². The predicted molar refractivity (Wildman–Crippen MR) is 185 cm³/mol. The fourth-order valence-electron chi connectivity index (χ4n) is 7.37. The number of Topliss-reactive ketones (excluding diaryl/α,β-unsaturated/α-hetero) is 1. The molecule has 2 aliphatic heterocycles. The lowest BCUT2D eigenvalue weighted by Gasteiger charge is -2.42. The Kier molecular flexibility index (Phi) is 7.63. The molecule has 0 amide bonds. The molecule has 0 aliphatic carbocycles. The van der Waals surface area contributed by atoms with Crippen LogP contribution in [-0.4, -0.2) is 34.9 Å². The number of fused-ring (bicyclic) bond motifs is 2. The highest BCUT2D eigenvalue weighted by Gasteiger charge is 2.64. The van der Waals surface area contributed by atoms with Crippen LogP contribution < -0.4 is 5.32 Å². The summed E-state index contributed by atoms with van der Waals surface area (Å²) in [6, 6.07) is 38.0. The van der Waals surface area contributed by atoms with Crippen LogP contribution in [0, 0.1) is 5.41 Å². The van der Waals surface area contributed by atoms with Gasteiger partial charge in [0.05, 0.1) is 5.41 Å². The van der Waals surface area contributed by atoms with Gasteiger partial charge < -0.3 is 4.74 Å². The molecule has 5 aromatic carbocycles. The molecular formula is C40H37NO3S. The second-order valence-corrected chi connectivity index (χ2v) is 14.2. The molecule has 4 atom stereocenters. The molecule has 0 aromatic heterocycles. The third kappa shape index (κ3) is 5.28. The molecule has 7 rings (SSSR count). The molecule has 0 radical (unpaired) electrons. The lowest BCUT2D eigenvalue weighted by molar-refractivity contribution is -0.157. The molecule has 2 heterocycles. The van der Waals surface area contributed by atoms with Crippen molar-refractivity contribution in [2.75, 3.05) is 11.5 Å². The summed E-state index contributed by atoms with van der Waals surface area (Å²) in [6.07, 6.45) is 2.08. The standard InChI is InChI=1S/C40H37NO3S/c1-39(2,3)44-38(43)35-34(33-22-12-18-27-14-8-10-21-32(27)33)40(36(41-35)28-15-5-4-6-16-28)25-45-24-30(37(40)42)23-29-19-11-17-26-13-7-9-20-31(26)29/h4-23,34-36,41H,24-25H2,1-3H3/b30-23+. The summed E-state index contributed by atoms with van der Waals surface area (Å²) in [5.74, 6) is 0.504. The van der Waals surface area contributed by atoms with Gasteiger partial charge in [-0.25, -0.2) is 0 Å². The van der Waals surface area contributed by atoms with Gasteiger partial charge in [-0.3, -0.25) is 14.9 Å². The first kappa shape index (κ1) is 29.5. The zero-order valence-corrected chi connectivity index (χ0v) is 26.6. The van der Waals surface area contributed by atoms with Crippen molar-refractivity contribution in [2.24, 2.45) is 5.41 Å². The third-order valence-electron chi connectivity index (χ3n) is 9.17. The first-order valence-electron chi connectivity index (χ1n) is 15.6. The van der Waals surface area contributed by atoms with Crippen LogP contribution in [0.25, 0.3) is 27.6 Å². The van der Waals surface area contributed by atoms with Gasteiger partial charge in [-0.05, 0) is 65.1 Å². The topological polar surface area (TPSA) is 55.4 Å². The Labute approximate surface area is 268 Å². The molecule has 2 fully saturated rings. The quantitative estimate of drug-likeness (QED) is 0.163. The highest BCUT2D eigenvalue weighted by Crippen LogP contribution is 2.59. The number of benzene rings is 5. The van der Waals surface area contributed by atoms with E-state index in [9.17, 15) is 4.79 Å². The maximum Gasteiger partial charge on any atom is 0.324 e. The minimum absolute atomic E-state index is 0.0968. The number of rotatable bonds is 4. The maximum absolute atomic E-state index is 15.4. The Bertz CT molecular complexity index is 1930. The second-order valence-electron chi connectivity index (χ2n) is 13.2.